The summed E-state index contributed by atoms with van der Waals surface area (Å²) >= 11 is 1.59. The highest BCUT2D eigenvalue weighted by atomic mass is 32.1. The molecule has 6 nitrogen and oxygen atoms in total. The van der Waals surface area contributed by atoms with Crippen LogP contribution in [0.5, 0.6) is 0 Å². The topological polar surface area (TPSA) is 78.3 Å². The van der Waals surface area contributed by atoms with Crippen LogP contribution in [0.25, 0.3) is 10.2 Å². The minimum Gasteiger partial charge on any atom is -0.469 e. The average Bonchev–Trinajstić information content (AvgIpc) is 3.15. The lowest BCUT2D eigenvalue weighted by Crippen LogP contribution is -2.35. The molecule has 0 spiro atoms. The predicted molar refractivity (Wildman–Crippen MR) is 126 cm³/mol. The number of aromatic nitrogens is 2. The molecular weight excluding hydrogens is 424 g/mol. The largest absolute Gasteiger partial charge is 0.469 e. The van der Waals surface area contributed by atoms with Gasteiger partial charge in [-0.05, 0) is 30.7 Å². The van der Waals surface area contributed by atoms with Crippen LogP contribution in [0.3, 0.4) is 0 Å². The molecule has 7 heteroatoms. The van der Waals surface area contributed by atoms with E-state index < -0.39 is 12.0 Å². The molecule has 3 aromatic rings. The Balaban J connectivity index is 1.96. The first kappa shape index (κ1) is 22.4. The third-order valence-corrected chi connectivity index (χ3v) is 7.31. The summed E-state index contributed by atoms with van der Waals surface area (Å²) in [6, 6.07) is 7.76. The van der Waals surface area contributed by atoms with Gasteiger partial charge in [0, 0.05) is 16.4 Å². The highest BCUT2D eigenvalue weighted by Crippen LogP contribution is 2.37. The van der Waals surface area contributed by atoms with Gasteiger partial charge in [0.05, 0.1) is 18.9 Å². The van der Waals surface area contributed by atoms with E-state index in [1.807, 2.05) is 19.9 Å². The van der Waals surface area contributed by atoms with Gasteiger partial charge in [0.15, 0.2) is 5.78 Å². The van der Waals surface area contributed by atoms with Crippen LogP contribution < -0.4 is 5.56 Å². The molecule has 0 radical (unpaired) electrons. The molecule has 0 fully saturated rings. The zero-order valence-electron chi connectivity index (χ0n) is 18.9. The summed E-state index contributed by atoms with van der Waals surface area (Å²) < 4.78 is 6.34. The van der Waals surface area contributed by atoms with Crippen molar-refractivity contribution in [2.75, 3.05) is 7.11 Å². The molecule has 0 saturated carbocycles. The number of hydrogen-bond acceptors (Lipinski definition) is 6. The molecule has 2 aromatic heterocycles. The lowest BCUT2D eigenvalue weighted by molar-refractivity contribution is -0.141. The zero-order chi connectivity index (χ0) is 23.0. The molecule has 1 aliphatic carbocycles. The van der Waals surface area contributed by atoms with E-state index in [0.29, 0.717) is 22.7 Å². The molecule has 2 atom stereocenters. The zero-order valence-corrected chi connectivity index (χ0v) is 19.7. The molecular formula is C25H28N2O4S. The maximum atomic E-state index is 13.9. The van der Waals surface area contributed by atoms with Crippen LogP contribution in [0.15, 0.2) is 35.1 Å². The smallest absolute Gasteiger partial charge is 0.308 e. The highest BCUT2D eigenvalue weighted by Gasteiger charge is 2.32. The molecule has 2 unspecified atom stereocenters. The molecule has 4 rings (SSSR count). The van der Waals surface area contributed by atoms with E-state index in [4.69, 9.17) is 9.72 Å². The fourth-order valence-electron chi connectivity index (χ4n) is 4.46. The van der Waals surface area contributed by atoms with Crippen molar-refractivity contribution in [3.05, 3.63) is 62.5 Å². The maximum absolute atomic E-state index is 13.9. The van der Waals surface area contributed by atoms with Gasteiger partial charge in [-0.3, -0.25) is 19.0 Å². The normalized spacial score (nSPS) is 16.7. The molecule has 168 valence electrons. The number of aryl methyl sites for hydroxylation is 1. The second kappa shape index (κ2) is 8.98. The monoisotopic (exact) mass is 452 g/mol. The Hall–Kier alpha value is -2.80. The number of nitrogens with zero attached hydrogens (tertiary/aromatic N) is 2. The van der Waals surface area contributed by atoms with E-state index in [1.165, 1.54) is 16.6 Å². The van der Waals surface area contributed by atoms with E-state index in [9.17, 15) is 14.4 Å². The number of ether oxygens (including phenoxy) is 1. The van der Waals surface area contributed by atoms with E-state index in [1.54, 1.807) is 35.6 Å². The van der Waals surface area contributed by atoms with Crippen LogP contribution in [-0.4, -0.2) is 28.4 Å². The van der Waals surface area contributed by atoms with E-state index >= 15 is 0 Å². The van der Waals surface area contributed by atoms with Crippen molar-refractivity contribution >= 4 is 33.3 Å². The third kappa shape index (κ3) is 4.01. The molecule has 2 heterocycles. The molecule has 32 heavy (non-hydrogen) atoms. The Kier molecular flexibility index (Phi) is 6.29. The van der Waals surface area contributed by atoms with Gasteiger partial charge in [-0.1, -0.05) is 51.1 Å². The van der Waals surface area contributed by atoms with Crippen molar-refractivity contribution in [1.82, 2.24) is 9.55 Å². The number of carbonyl (C=O) groups is 2. The van der Waals surface area contributed by atoms with Gasteiger partial charge in [-0.15, -0.1) is 11.3 Å². The Morgan fingerprint density at radius 2 is 1.97 bits per heavy atom. The Morgan fingerprint density at radius 3 is 2.62 bits per heavy atom. The van der Waals surface area contributed by atoms with E-state index in [-0.39, 0.29) is 23.7 Å². The van der Waals surface area contributed by atoms with Crippen molar-refractivity contribution < 1.29 is 14.3 Å². The van der Waals surface area contributed by atoms with Crippen molar-refractivity contribution in [3.63, 3.8) is 0 Å². The minimum absolute atomic E-state index is 0.103. The molecule has 1 aliphatic rings. The summed E-state index contributed by atoms with van der Waals surface area (Å²) in [6.45, 7) is 6.12. The second-order valence-electron chi connectivity index (χ2n) is 8.86. The van der Waals surface area contributed by atoms with Gasteiger partial charge >= 0.3 is 5.97 Å². The number of rotatable bonds is 6. The lowest BCUT2D eigenvalue weighted by Gasteiger charge is -2.23. The van der Waals surface area contributed by atoms with Gasteiger partial charge < -0.3 is 4.74 Å². The number of benzene rings is 1. The minimum atomic E-state index is -1.01. The maximum Gasteiger partial charge on any atom is 0.308 e. The first-order chi connectivity index (χ1) is 15.3. The fraction of sp³-hybridized carbons (Fsp3) is 0.440. The van der Waals surface area contributed by atoms with Crippen LogP contribution in [0.4, 0.5) is 0 Å². The third-order valence-electron chi connectivity index (χ3n) is 6.17. The number of ketones is 1. The summed E-state index contributed by atoms with van der Waals surface area (Å²) in [5.41, 5.74) is 1.28. The second-order valence-corrected chi connectivity index (χ2v) is 9.94. The number of thiophene rings is 1. The van der Waals surface area contributed by atoms with Crippen LogP contribution >= 0.6 is 11.3 Å². The number of Topliss-reactive ketones (excluding diaryl/α,β-unsaturated/α-hetero) is 1. The molecule has 0 N–H and O–H groups in total. The number of methoxy groups -OCH3 is 1. The van der Waals surface area contributed by atoms with Crippen molar-refractivity contribution in [1.29, 1.82) is 0 Å². The predicted octanol–water partition coefficient (Wildman–Crippen LogP) is 4.69. The summed E-state index contributed by atoms with van der Waals surface area (Å²) in [5, 5.41) is 0.608. The van der Waals surface area contributed by atoms with Crippen LogP contribution in [0.2, 0.25) is 0 Å². The summed E-state index contributed by atoms with van der Waals surface area (Å²) in [5.74, 6) is 0.163. The van der Waals surface area contributed by atoms with Gasteiger partial charge in [-0.25, -0.2) is 4.98 Å². The SMILES string of the molecule is COC(=O)CC(C(=O)c1ccccc1)n1c(C(C)C)nc2sc3c(c2c1=O)CCC(C)C3. The summed E-state index contributed by atoms with van der Waals surface area (Å²) in [4.78, 5) is 46.6. The first-order valence-electron chi connectivity index (χ1n) is 11.0. The van der Waals surface area contributed by atoms with Crippen LogP contribution in [0, 0.1) is 5.92 Å². The standard InChI is InChI=1S/C25H28N2O4S/c1-14(2)23-26-24-21(17-11-10-15(3)12-19(17)32-24)25(30)27(23)18(13-20(28)31-4)22(29)16-8-6-5-7-9-16/h5-9,14-15,18H,10-13H2,1-4H3. The van der Waals surface area contributed by atoms with Gasteiger partial charge in [-0.2, -0.15) is 0 Å². The molecule has 1 aromatic carbocycles. The van der Waals surface area contributed by atoms with Crippen LogP contribution in [-0.2, 0) is 22.4 Å². The molecule has 0 bridgehead atoms. The number of esters is 1. The van der Waals surface area contributed by atoms with Crippen molar-refractivity contribution in [2.45, 2.75) is 58.4 Å². The summed E-state index contributed by atoms with van der Waals surface area (Å²) in [7, 11) is 1.29. The lowest BCUT2D eigenvalue weighted by atomic mass is 9.89. The highest BCUT2D eigenvalue weighted by molar-refractivity contribution is 7.18. The van der Waals surface area contributed by atoms with Gasteiger partial charge in [0.1, 0.15) is 16.7 Å². The van der Waals surface area contributed by atoms with Crippen LogP contribution in [0.1, 0.15) is 72.2 Å². The molecule has 0 amide bonds. The average molecular weight is 453 g/mol. The Labute approximate surface area is 191 Å². The van der Waals surface area contributed by atoms with Crippen molar-refractivity contribution in [2.24, 2.45) is 5.92 Å². The van der Waals surface area contributed by atoms with Gasteiger partial charge in [0.2, 0.25) is 0 Å². The molecule has 0 saturated heterocycles. The van der Waals surface area contributed by atoms with Gasteiger partial charge in [0.25, 0.3) is 5.56 Å². The van der Waals surface area contributed by atoms with E-state index in [0.717, 1.165) is 29.7 Å². The van der Waals surface area contributed by atoms with Crippen molar-refractivity contribution in [3.8, 4) is 0 Å². The number of fused-ring (bicyclic) bond motifs is 3. The number of carbonyl (C=O) groups excluding carboxylic acids is 2. The fourth-order valence-corrected chi connectivity index (χ4v) is 5.84. The van der Waals surface area contributed by atoms with E-state index in [2.05, 4.69) is 6.92 Å². The molecule has 0 aliphatic heterocycles. The number of hydrogen-bond donors (Lipinski definition) is 0. The quantitative estimate of drug-likeness (QED) is 0.400. The summed E-state index contributed by atoms with van der Waals surface area (Å²) in [6.07, 6.45) is 2.59. The Bertz CT molecular complexity index is 1230. The Morgan fingerprint density at radius 1 is 1.25 bits per heavy atom. The first-order valence-corrected chi connectivity index (χ1v) is 11.9.